The van der Waals surface area contributed by atoms with Crippen molar-refractivity contribution in [3.05, 3.63) is 77.0 Å². The molecule has 0 radical (unpaired) electrons. The van der Waals surface area contributed by atoms with Crippen LogP contribution in [0.4, 0.5) is 4.79 Å². The van der Waals surface area contributed by atoms with Gasteiger partial charge >= 0.3 is 12.0 Å². The molecule has 0 spiro atoms. The van der Waals surface area contributed by atoms with E-state index in [1.807, 2.05) is 54.6 Å². The second kappa shape index (κ2) is 7.95. The third-order valence-corrected chi connectivity index (χ3v) is 4.62. The van der Waals surface area contributed by atoms with Gasteiger partial charge in [-0.3, -0.25) is 0 Å². The predicted octanol–water partition coefficient (Wildman–Crippen LogP) is 3.41. The number of urea groups is 1. The van der Waals surface area contributed by atoms with Gasteiger partial charge in [0, 0.05) is 12.7 Å². The molecule has 27 heavy (non-hydrogen) atoms. The Bertz CT molecular complexity index is 860. The molecule has 2 amide bonds. The van der Waals surface area contributed by atoms with Gasteiger partial charge in [-0.2, -0.15) is 0 Å². The van der Waals surface area contributed by atoms with Crippen molar-refractivity contribution < 1.29 is 19.1 Å². The fourth-order valence-corrected chi connectivity index (χ4v) is 2.96. The molecular formula is C21H22N2O4. The minimum Gasteiger partial charge on any atom is -0.489 e. The summed E-state index contributed by atoms with van der Waals surface area (Å²) in [5.41, 5.74) is 2.84. The highest BCUT2D eigenvalue weighted by molar-refractivity contribution is 5.94. The normalized spacial score (nSPS) is 16.8. The molecule has 140 valence electrons. The minimum atomic E-state index is -0.565. The number of methoxy groups -OCH3 is 1. The van der Waals surface area contributed by atoms with Crippen molar-refractivity contribution in [3.63, 3.8) is 0 Å². The van der Waals surface area contributed by atoms with E-state index in [2.05, 4.69) is 5.32 Å². The quantitative estimate of drug-likeness (QED) is 0.824. The molecule has 0 aliphatic carbocycles. The number of amides is 2. The summed E-state index contributed by atoms with van der Waals surface area (Å²) in [4.78, 5) is 25.8. The summed E-state index contributed by atoms with van der Waals surface area (Å²) in [6, 6.07) is 16.4. The molecule has 1 N–H and O–H groups in total. The van der Waals surface area contributed by atoms with Gasteiger partial charge in [0.25, 0.3) is 0 Å². The van der Waals surface area contributed by atoms with Gasteiger partial charge in [0.05, 0.1) is 18.7 Å². The Hall–Kier alpha value is -3.28. The van der Waals surface area contributed by atoms with Crippen molar-refractivity contribution in [2.75, 3.05) is 14.2 Å². The zero-order valence-corrected chi connectivity index (χ0v) is 15.6. The number of benzene rings is 2. The molecule has 0 saturated heterocycles. The third kappa shape index (κ3) is 3.95. The Morgan fingerprint density at radius 2 is 1.78 bits per heavy atom. The zero-order chi connectivity index (χ0) is 19.4. The number of hydrogen-bond acceptors (Lipinski definition) is 4. The maximum atomic E-state index is 12.3. The lowest BCUT2D eigenvalue weighted by atomic mass is 9.95. The Morgan fingerprint density at radius 1 is 1.11 bits per heavy atom. The monoisotopic (exact) mass is 366 g/mol. The lowest BCUT2D eigenvalue weighted by molar-refractivity contribution is -0.136. The summed E-state index contributed by atoms with van der Waals surface area (Å²) in [7, 11) is 2.95. The highest BCUT2D eigenvalue weighted by Gasteiger charge is 2.34. The summed E-state index contributed by atoms with van der Waals surface area (Å²) >= 11 is 0. The van der Waals surface area contributed by atoms with E-state index >= 15 is 0 Å². The average Bonchev–Trinajstić information content (AvgIpc) is 2.71. The fraction of sp³-hybridized carbons (Fsp3) is 0.238. The van der Waals surface area contributed by atoms with Crippen LogP contribution in [0.2, 0.25) is 0 Å². The number of carbonyl (C=O) groups is 2. The Labute approximate surface area is 158 Å². The largest absolute Gasteiger partial charge is 0.489 e. The number of ether oxygens (including phenoxy) is 2. The second-order valence-corrected chi connectivity index (χ2v) is 6.28. The first-order valence-corrected chi connectivity index (χ1v) is 8.61. The molecule has 6 heteroatoms. The fourth-order valence-electron chi connectivity index (χ4n) is 2.96. The van der Waals surface area contributed by atoms with E-state index in [0.29, 0.717) is 23.6 Å². The third-order valence-electron chi connectivity index (χ3n) is 4.62. The Balaban J connectivity index is 1.80. The summed E-state index contributed by atoms with van der Waals surface area (Å²) < 4.78 is 10.7. The Morgan fingerprint density at radius 3 is 2.41 bits per heavy atom. The van der Waals surface area contributed by atoms with Gasteiger partial charge in [-0.1, -0.05) is 42.5 Å². The van der Waals surface area contributed by atoms with Gasteiger partial charge in [-0.05, 0) is 30.2 Å². The van der Waals surface area contributed by atoms with Gasteiger partial charge in [0.1, 0.15) is 12.4 Å². The van der Waals surface area contributed by atoms with Crippen LogP contribution in [-0.4, -0.2) is 31.1 Å². The number of hydrogen-bond donors (Lipinski definition) is 1. The number of allylic oxidation sites excluding steroid dienone is 1. The van der Waals surface area contributed by atoms with Crippen LogP contribution in [0, 0.1) is 0 Å². The molecule has 6 nitrogen and oxygen atoms in total. The van der Waals surface area contributed by atoms with Crippen LogP contribution in [0.1, 0.15) is 24.1 Å². The van der Waals surface area contributed by atoms with Crippen molar-refractivity contribution in [3.8, 4) is 5.75 Å². The molecule has 1 heterocycles. The molecular weight excluding hydrogens is 344 g/mol. The van der Waals surface area contributed by atoms with Crippen LogP contribution in [0.25, 0.3) is 0 Å². The lowest BCUT2D eigenvalue weighted by Gasteiger charge is -2.33. The second-order valence-electron chi connectivity index (χ2n) is 6.28. The Kier molecular flexibility index (Phi) is 5.45. The van der Waals surface area contributed by atoms with E-state index in [0.717, 1.165) is 11.1 Å². The summed E-state index contributed by atoms with van der Waals surface area (Å²) in [5.74, 6) is 0.246. The van der Waals surface area contributed by atoms with Crippen molar-refractivity contribution >= 4 is 12.0 Å². The number of nitrogens with one attached hydrogen (secondary N) is 1. The number of esters is 1. The van der Waals surface area contributed by atoms with Crippen LogP contribution in [-0.2, 0) is 16.1 Å². The molecule has 3 rings (SSSR count). The topological polar surface area (TPSA) is 67.9 Å². The highest BCUT2D eigenvalue weighted by Crippen LogP contribution is 2.31. The average molecular weight is 366 g/mol. The molecule has 0 unspecified atom stereocenters. The smallest absolute Gasteiger partial charge is 0.337 e. The van der Waals surface area contributed by atoms with Gasteiger partial charge in [-0.25, -0.2) is 9.59 Å². The van der Waals surface area contributed by atoms with E-state index in [1.54, 1.807) is 14.0 Å². The molecule has 2 aromatic rings. The van der Waals surface area contributed by atoms with Crippen molar-refractivity contribution in [2.45, 2.75) is 19.6 Å². The van der Waals surface area contributed by atoms with Crippen LogP contribution in [0.15, 0.2) is 65.9 Å². The van der Waals surface area contributed by atoms with Gasteiger partial charge < -0.3 is 19.7 Å². The highest BCUT2D eigenvalue weighted by atomic mass is 16.5. The van der Waals surface area contributed by atoms with Gasteiger partial charge in [-0.15, -0.1) is 0 Å². The van der Waals surface area contributed by atoms with E-state index in [-0.39, 0.29) is 6.03 Å². The first kappa shape index (κ1) is 18.5. The van der Waals surface area contributed by atoms with E-state index < -0.39 is 12.0 Å². The first-order valence-electron chi connectivity index (χ1n) is 8.61. The number of nitrogens with zero attached hydrogens (tertiary/aromatic N) is 1. The molecule has 1 atom stereocenters. The first-order chi connectivity index (χ1) is 13.0. The van der Waals surface area contributed by atoms with Gasteiger partial charge in [0.2, 0.25) is 0 Å². The lowest BCUT2D eigenvalue weighted by Crippen LogP contribution is -2.46. The number of rotatable bonds is 5. The number of carbonyl (C=O) groups excluding carboxylic acids is 2. The van der Waals surface area contributed by atoms with Crippen LogP contribution in [0.5, 0.6) is 5.75 Å². The summed E-state index contributed by atoms with van der Waals surface area (Å²) in [6.45, 7) is 2.20. The van der Waals surface area contributed by atoms with Crippen LogP contribution in [0.3, 0.4) is 0 Å². The maximum Gasteiger partial charge on any atom is 0.337 e. The SMILES string of the molecule is COC(=O)C1=C(C)N(C)C(=O)N[C@@H]1c1ccc(OCc2ccccc2)cc1. The van der Waals surface area contributed by atoms with Crippen molar-refractivity contribution in [2.24, 2.45) is 0 Å². The van der Waals surface area contributed by atoms with Gasteiger partial charge in [0.15, 0.2) is 0 Å². The molecule has 0 aromatic heterocycles. The minimum absolute atomic E-state index is 0.269. The van der Waals surface area contributed by atoms with E-state index in [4.69, 9.17) is 9.47 Å². The maximum absolute atomic E-state index is 12.3. The summed E-state index contributed by atoms with van der Waals surface area (Å²) in [6.07, 6.45) is 0. The molecule has 1 aliphatic rings. The summed E-state index contributed by atoms with van der Waals surface area (Å²) in [5, 5.41) is 2.84. The predicted molar refractivity (Wildman–Crippen MR) is 101 cm³/mol. The van der Waals surface area contributed by atoms with E-state index in [1.165, 1.54) is 12.0 Å². The van der Waals surface area contributed by atoms with E-state index in [9.17, 15) is 9.59 Å². The standard InChI is InChI=1S/C21H22N2O4/c1-14-18(20(24)26-3)19(22-21(25)23(14)2)16-9-11-17(12-10-16)27-13-15-7-5-4-6-8-15/h4-12,19H,13H2,1-3H3,(H,22,25)/t19-/m1/s1. The van der Waals surface area contributed by atoms with Crippen LogP contribution >= 0.6 is 0 Å². The molecule has 0 fully saturated rings. The van der Waals surface area contributed by atoms with Crippen molar-refractivity contribution in [1.29, 1.82) is 0 Å². The molecule has 0 bridgehead atoms. The molecule has 0 saturated carbocycles. The molecule has 2 aromatic carbocycles. The zero-order valence-electron chi connectivity index (χ0n) is 15.6. The molecule has 1 aliphatic heterocycles. The van der Waals surface area contributed by atoms with Crippen LogP contribution < -0.4 is 10.1 Å². The van der Waals surface area contributed by atoms with Crippen molar-refractivity contribution in [1.82, 2.24) is 10.2 Å².